The summed E-state index contributed by atoms with van der Waals surface area (Å²) in [7, 11) is -1.09. The highest BCUT2D eigenvalue weighted by atomic mass is 32.2. The number of alkyl halides is 2. The van der Waals surface area contributed by atoms with Crippen molar-refractivity contribution >= 4 is 9.84 Å². The van der Waals surface area contributed by atoms with Gasteiger partial charge in [0.1, 0.15) is 4.75 Å². The standard InChI is InChI=1S/C16H33F2NO3S/c1-13(2,3)16(17,18)15(6,7)23(21,22)11-10-14(4,5)12-19(8,9)20/h10-12H2,1-9H3. The van der Waals surface area contributed by atoms with Crippen LogP contribution < -0.4 is 0 Å². The molecular weight excluding hydrogens is 324 g/mol. The predicted octanol–water partition coefficient (Wildman–Crippen LogP) is 3.85. The molecule has 0 aromatic carbocycles. The topological polar surface area (TPSA) is 57.2 Å². The van der Waals surface area contributed by atoms with Crippen LogP contribution in [0.25, 0.3) is 0 Å². The van der Waals surface area contributed by atoms with Crippen LogP contribution in [0.4, 0.5) is 8.78 Å². The van der Waals surface area contributed by atoms with Crippen molar-refractivity contribution in [3.63, 3.8) is 0 Å². The van der Waals surface area contributed by atoms with Crippen molar-refractivity contribution in [2.75, 3.05) is 26.4 Å². The van der Waals surface area contributed by atoms with E-state index >= 15 is 0 Å². The Labute approximate surface area is 140 Å². The Morgan fingerprint density at radius 3 is 1.65 bits per heavy atom. The van der Waals surface area contributed by atoms with E-state index in [9.17, 15) is 22.4 Å². The summed E-state index contributed by atoms with van der Waals surface area (Å²) < 4.78 is 51.8. The number of sulfone groups is 1. The van der Waals surface area contributed by atoms with Crippen molar-refractivity contribution in [2.24, 2.45) is 10.8 Å². The van der Waals surface area contributed by atoms with Crippen molar-refractivity contribution in [3.8, 4) is 0 Å². The molecule has 4 nitrogen and oxygen atoms in total. The lowest BCUT2D eigenvalue weighted by molar-refractivity contribution is -0.847. The molecule has 0 fully saturated rings. The van der Waals surface area contributed by atoms with Crippen molar-refractivity contribution in [2.45, 2.75) is 65.6 Å². The number of rotatable bonds is 7. The van der Waals surface area contributed by atoms with Gasteiger partial charge in [-0.1, -0.05) is 34.6 Å². The second-order valence-corrected chi connectivity index (χ2v) is 12.0. The number of hydrogen-bond acceptors (Lipinski definition) is 3. The van der Waals surface area contributed by atoms with E-state index in [-0.39, 0.29) is 18.7 Å². The van der Waals surface area contributed by atoms with Crippen molar-refractivity contribution in [1.82, 2.24) is 0 Å². The van der Waals surface area contributed by atoms with Crippen molar-refractivity contribution in [3.05, 3.63) is 5.21 Å². The first-order valence-electron chi connectivity index (χ1n) is 7.80. The predicted molar refractivity (Wildman–Crippen MR) is 91.0 cm³/mol. The van der Waals surface area contributed by atoms with Crippen LogP contribution in [0.2, 0.25) is 0 Å². The molecular formula is C16H33F2NO3S. The maximum Gasteiger partial charge on any atom is 0.271 e. The third-order valence-corrected chi connectivity index (χ3v) is 6.88. The first-order valence-corrected chi connectivity index (χ1v) is 9.46. The summed E-state index contributed by atoms with van der Waals surface area (Å²) in [6.07, 6.45) is 0.170. The van der Waals surface area contributed by atoms with Crippen LogP contribution in [0.15, 0.2) is 0 Å². The third-order valence-electron chi connectivity index (χ3n) is 4.33. The van der Waals surface area contributed by atoms with Crippen LogP contribution in [0.5, 0.6) is 0 Å². The molecule has 0 atom stereocenters. The van der Waals surface area contributed by atoms with Gasteiger partial charge < -0.3 is 9.85 Å². The Hall–Kier alpha value is -0.270. The summed E-state index contributed by atoms with van der Waals surface area (Å²) in [5, 5.41) is 11.8. The number of halogens is 2. The van der Waals surface area contributed by atoms with Crippen LogP contribution in [0, 0.1) is 16.0 Å². The molecule has 0 heterocycles. The first-order chi connectivity index (χ1) is 9.66. The van der Waals surface area contributed by atoms with E-state index in [1.54, 1.807) is 13.8 Å². The Morgan fingerprint density at radius 2 is 1.35 bits per heavy atom. The fraction of sp³-hybridized carbons (Fsp3) is 1.00. The van der Waals surface area contributed by atoms with Gasteiger partial charge in [0, 0.05) is 10.8 Å². The summed E-state index contributed by atoms with van der Waals surface area (Å²) >= 11 is 0. The largest absolute Gasteiger partial charge is 0.633 e. The zero-order valence-corrected chi connectivity index (χ0v) is 16.8. The molecule has 0 bridgehead atoms. The highest BCUT2D eigenvalue weighted by Gasteiger charge is 2.61. The molecule has 0 aromatic heterocycles. The monoisotopic (exact) mass is 357 g/mol. The van der Waals surface area contributed by atoms with Crippen LogP contribution in [0.3, 0.4) is 0 Å². The maximum atomic E-state index is 14.7. The molecule has 0 spiro atoms. The molecule has 0 aliphatic rings. The fourth-order valence-corrected chi connectivity index (χ4v) is 4.90. The summed E-state index contributed by atoms with van der Waals surface area (Å²) in [5.74, 6) is -3.74. The average molecular weight is 358 g/mol. The van der Waals surface area contributed by atoms with Crippen LogP contribution in [-0.2, 0) is 9.84 Å². The molecule has 0 radical (unpaired) electrons. The minimum atomic E-state index is -4.05. The second-order valence-electron chi connectivity index (χ2n) is 9.30. The summed E-state index contributed by atoms with van der Waals surface area (Å²) in [6.45, 7) is 9.99. The van der Waals surface area contributed by atoms with Gasteiger partial charge in [-0.2, -0.15) is 0 Å². The molecule has 0 rings (SSSR count). The van der Waals surface area contributed by atoms with Crippen LogP contribution in [0.1, 0.15) is 54.9 Å². The highest BCUT2D eigenvalue weighted by Crippen LogP contribution is 2.48. The van der Waals surface area contributed by atoms with E-state index in [4.69, 9.17) is 0 Å². The number of nitrogens with zero attached hydrogens (tertiary/aromatic N) is 1. The lowest BCUT2D eigenvalue weighted by Gasteiger charge is -2.43. The zero-order chi connectivity index (χ0) is 19.1. The molecule has 0 aromatic rings. The molecule has 0 unspecified atom stereocenters. The summed E-state index contributed by atoms with van der Waals surface area (Å²) in [6, 6.07) is 0. The van der Waals surface area contributed by atoms with Gasteiger partial charge in [0.05, 0.1) is 26.4 Å². The van der Waals surface area contributed by atoms with E-state index < -0.39 is 36.0 Å². The van der Waals surface area contributed by atoms with Crippen molar-refractivity contribution < 1.29 is 21.8 Å². The average Bonchev–Trinajstić information content (AvgIpc) is 2.21. The normalized spacial score (nSPS) is 15.8. The van der Waals surface area contributed by atoms with Gasteiger partial charge in [-0.15, -0.1) is 0 Å². The smallest absolute Gasteiger partial charge is 0.271 e. The lowest BCUT2D eigenvalue weighted by atomic mass is 9.81. The van der Waals surface area contributed by atoms with Crippen LogP contribution in [-0.4, -0.2) is 50.1 Å². The lowest BCUT2D eigenvalue weighted by Crippen LogP contribution is -2.57. The maximum absolute atomic E-state index is 14.7. The van der Waals surface area contributed by atoms with E-state index in [1.807, 2.05) is 0 Å². The molecule has 23 heavy (non-hydrogen) atoms. The second kappa shape index (κ2) is 6.23. The molecule has 7 heteroatoms. The van der Waals surface area contributed by atoms with Gasteiger partial charge in [-0.05, 0) is 20.3 Å². The Balaban J connectivity index is 5.37. The number of hydroxylamine groups is 3. The summed E-state index contributed by atoms with van der Waals surface area (Å²) in [5.41, 5.74) is -2.02. The van der Waals surface area contributed by atoms with Gasteiger partial charge in [0.15, 0.2) is 9.84 Å². The van der Waals surface area contributed by atoms with Gasteiger partial charge in [0.25, 0.3) is 5.92 Å². The number of quaternary nitrogens is 1. The molecule has 0 N–H and O–H groups in total. The quantitative estimate of drug-likeness (QED) is 0.514. The zero-order valence-electron chi connectivity index (χ0n) is 16.0. The molecule has 0 aliphatic carbocycles. The summed E-state index contributed by atoms with van der Waals surface area (Å²) in [4.78, 5) is 0. The van der Waals surface area contributed by atoms with E-state index in [2.05, 4.69) is 0 Å². The van der Waals surface area contributed by atoms with Gasteiger partial charge in [-0.3, -0.25) is 0 Å². The molecule has 0 aliphatic heterocycles. The number of hydrogen-bond donors (Lipinski definition) is 0. The molecule has 0 saturated carbocycles. The third kappa shape index (κ3) is 5.36. The minimum absolute atomic E-state index is 0.170. The van der Waals surface area contributed by atoms with Gasteiger partial charge in [0.2, 0.25) is 0 Å². The van der Waals surface area contributed by atoms with E-state index in [1.165, 1.54) is 34.9 Å². The SMILES string of the molecule is CC(C)(CCS(=O)(=O)C(C)(C)C(F)(F)C(C)(C)C)C[N+](C)(C)[O-]. The van der Waals surface area contributed by atoms with Crippen molar-refractivity contribution in [1.29, 1.82) is 0 Å². The van der Waals surface area contributed by atoms with Gasteiger partial charge >= 0.3 is 0 Å². The minimum Gasteiger partial charge on any atom is -0.633 e. The fourth-order valence-electron chi connectivity index (χ4n) is 2.87. The van der Waals surface area contributed by atoms with E-state index in [0.29, 0.717) is 0 Å². The van der Waals surface area contributed by atoms with Gasteiger partial charge in [-0.25, -0.2) is 17.2 Å². The first kappa shape index (κ1) is 22.7. The Bertz CT molecular complexity index is 512. The Morgan fingerprint density at radius 1 is 0.957 bits per heavy atom. The van der Waals surface area contributed by atoms with E-state index in [0.717, 1.165) is 13.8 Å². The van der Waals surface area contributed by atoms with Crippen LogP contribution >= 0.6 is 0 Å². The molecule has 0 amide bonds. The molecule has 0 saturated heterocycles. The molecule has 140 valence electrons. The Kier molecular flexibility index (Phi) is 6.15. The highest BCUT2D eigenvalue weighted by molar-refractivity contribution is 7.92.